The van der Waals surface area contributed by atoms with Crippen LogP contribution in [0.4, 0.5) is 17.1 Å². The van der Waals surface area contributed by atoms with Gasteiger partial charge in [0.2, 0.25) is 17.7 Å². The molecule has 0 unspecified atom stereocenters. The Hall–Kier alpha value is -3.29. The van der Waals surface area contributed by atoms with Crippen molar-refractivity contribution in [3.63, 3.8) is 0 Å². The first-order valence-electron chi connectivity index (χ1n) is 26.7. The van der Waals surface area contributed by atoms with Crippen LogP contribution >= 0.6 is 0 Å². The first-order chi connectivity index (χ1) is 35.9. The largest absolute Gasteiger partial charge is 0.380 e. The minimum absolute atomic E-state index is 0. The fraction of sp³-hybridized carbons (Fsp3) is 0.429. The molecule has 0 aliphatic carbocycles. The van der Waals surface area contributed by atoms with Crippen molar-refractivity contribution in [1.29, 1.82) is 0 Å². The Labute approximate surface area is 547 Å². The molecule has 6 N–H and O–H groups in total. The Morgan fingerprint density at radius 1 is 0.436 bits per heavy atom. The van der Waals surface area contributed by atoms with Gasteiger partial charge in [0.25, 0.3) is 0 Å². The molecule has 3 aromatic heterocycles. The molecule has 12 nitrogen and oxygen atoms in total. The maximum Gasteiger partial charge on any atom is 0.245 e. The van der Waals surface area contributed by atoms with E-state index in [1.165, 1.54) is 20.8 Å². The molecule has 3 radical (unpaired) electrons. The molecule has 0 aliphatic heterocycles. The molecule has 6 aromatic rings. The number of amides is 3. The summed E-state index contributed by atoms with van der Waals surface area (Å²) in [6, 6.07) is 38.2. The number of carbonyl (C=O) groups excluding carboxylic acids is 3. The Morgan fingerprint density at radius 3 is 1.10 bits per heavy atom. The van der Waals surface area contributed by atoms with E-state index in [1.807, 2.05) is 165 Å². The molecule has 0 aliphatic rings. The number of aryl methyl sites for hydroxylation is 6. The summed E-state index contributed by atoms with van der Waals surface area (Å²) in [6.07, 6.45) is 11.3. The molecule has 15 heteroatoms. The van der Waals surface area contributed by atoms with E-state index >= 15 is 0 Å². The molecule has 0 saturated carbocycles. The number of aliphatic hydroxyl groups is 3. The predicted molar refractivity (Wildman–Crippen MR) is 314 cm³/mol. The van der Waals surface area contributed by atoms with Gasteiger partial charge in [-0.1, -0.05) is 133 Å². The van der Waals surface area contributed by atoms with Gasteiger partial charge < -0.3 is 31.3 Å². The molecule has 0 saturated heterocycles. The summed E-state index contributed by atoms with van der Waals surface area (Å²) < 4.78 is 0. The van der Waals surface area contributed by atoms with Crippen LogP contribution in [0.25, 0.3) is 0 Å². The van der Waals surface area contributed by atoms with Crippen molar-refractivity contribution in [2.75, 3.05) is 16.0 Å². The van der Waals surface area contributed by atoms with Crippen LogP contribution in [0.2, 0.25) is 0 Å². The van der Waals surface area contributed by atoms with Gasteiger partial charge in [0.05, 0.1) is 0 Å². The molecule has 0 bridgehead atoms. The van der Waals surface area contributed by atoms with E-state index in [2.05, 4.69) is 49.1 Å². The summed E-state index contributed by atoms with van der Waals surface area (Å²) in [5, 5.41) is 39.1. The van der Waals surface area contributed by atoms with E-state index in [9.17, 15) is 29.7 Å². The van der Waals surface area contributed by atoms with Crippen molar-refractivity contribution in [3.8, 4) is 0 Å². The smallest absolute Gasteiger partial charge is 0.245 e. The van der Waals surface area contributed by atoms with Crippen LogP contribution < -0.4 is 16.0 Å². The molecule has 3 atom stereocenters. The van der Waals surface area contributed by atoms with Crippen LogP contribution in [0.1, 0.15) is 157 Å². The van der Waals surface area contributed by atoms with E-state index in [0.717, 1.165) is 33.5 Å². The fourth-order valence-electron chi connectivity index (χ4n) is 5.67. The molecular formula is C63H93N6O6Y3-3. The number of benzene rings is 3. The maximum absolute atomic E-state index is 12.2. The summed E-state index contributed by atoms with van der Waals surface area (Å²) in [6.45, 7) is 34.3. The summed E-state index contributed by atoms with van der Waals surface area (Å²) in [4.78, 5) is 48.6. The summed E-state index contributed by atoms with van der Waals surface area (Å²) in [5.74, 6) is -1.24. The second-order valence-electron chi connectivity index (χ2n) is 16.0. The van der Waals surface area contributed by atoms with Gasteiger partial charge in [-0.05, 0) is 101 Å². The minimum atomic E-state index is -1.44. The minimum Gasteiger partial charge on any atom is -0.380 e. The van der Waals surface area contributed by atoms with E-state index < -0.39 is 34.5 Å². The number of carbonyl (C=O) groups is 3. The zero-order chi connectivity index (χ0) is 57.9. The van der Waals surface area contributed by atoms with Crippen molar-refractivity contribution >= 4 is 34.8 Å². The number of aromatic nitrogens is 3. The number of nitrogens with zero attached hydrogens (tertiary/aromatic N) is 3. The second kappa shape index (κ2) is 51.8. The second-order valence-corrected chi connectivity index (χ2v) is 16.0. The number of anilines is 3. The molecule has 0 spiro atoms. The summed E-state index contributed by atoms with van der Waals surface area (Å²) in [5.41, 5.74) is 3.48. The van der Waals surface area contributed by atoms with E-state index in [1.54, 1.807) is 67.4 Å². The fourth-order valence-corrected chi connectivity index (χ4v) is 5.67. The number of hydrogen-bond acceptors (Lipinski definition) is 9. The van der Waals surface area contributed by atoms with Gasteiger partial charge in [-0.3, -0.25) is 29.3 Å². The third-order valence-corrected chi connectivity index (χ3v) is 10.0. The number of rotatable bonds is 15. The van der Waals surface area contributed by atoms with Crippen molar-refractivity contribution in [2.45, 2.75) is 180 Å². The van der Waals surface area contributed by atoms with Gasteiger partial charge in [-0.25, -0.2) is 0 Å². The van der Waals surface area contributed by atoms with Gasteiger partial charge in [0, 0.05) is 135 Å². The monoisotopic (exact) mass is 1300 g/mol. The third-order valence-electron chi connectivity index (χ3n) is 10.0. The van der Waals surface area contributed by atoms with Crippen molar-refractivity contribution in [3.05, 3.63) is 180 Å². The van der Waals surface area contributed by atoms with Gasteiger partial charge in [0.15, 0.2) is 0 Å². The SMILES string of the molecule is CC.CC.CC.CC.CC.CC.Cc1[c-]cc(NC(=O)[C@@](C)(O)CCc2ccccn2)cc1.Cc1[c-]cc(NC(=O)[C@@](C)(O)CCc2cccnc2)cc1.Cc1[c-]cc(NC(=O)[C@@](C)(O)CCc2ccncc2)cc1.[Y].[Y].[Y]. The number of hydrogen-bond donors (Lipinski definition) is 6. The van der Waals surface area contributed by atoms with E-state index in [-0.39, 0.29) is 98.1 Å². The molecule has 3 amide bonds. The van der Waals surface area contributed by atoms with Crippen LogP contribution in [0.5, 0.6) is 0 Å². The Bertz CT molecular complexity index is 2060. The first kappa shape index (κ1) is 86.0. The number of pyridine rings is 3. The molecule has 3 aromatic carbocycles. The van der Waals surface area contributed by atoms with Crippen molar-refractivity contribution < 1.29 is 128 Å². The Morgan fingerprint density at radius 2 is 0.795 bits per heavy atom. The zero-order valence-corrected chi connectivity index (χ0v) is 59.0. The number of nitrogens with one attached hydrogen (secondary N) is 3. The van der Waals surface area contributed by atoms with Crippen LogP contribution in [0.15, 0.2) is 128 Å². The summed E-state index contributed by atoms with van der Waals surface area (Å²) in [7, 11) is 0. The molecule has 0 fully saturated rings. The van der Waals surface area contributed by atoms with Crippen LogP contribution in [0.3, 0.4) is 0 Å². The van der Waals surface area contributed by atoms with Gasteiger partial charge in [-0.15, -0.1) is 18.2 Å². The molecule has 423 valence electrons. The average molecular weight is 1300 g/mol. The normalized spacial score (nSPS) is 11.3. The Balaban J connectivity index is -0.000000223. The first-order valence-corrected chi connectivity index (χ1v) is 26.7. The standard InChI is InChI=1S/3C17H19N2O2.6C2H6.3Y/c1-13-3-5-15(6-4-13)19-16(20)17(2,21)10-7-14-8-11-18-12-9-14;1-13-5-7-15(8-6-13)19-16(20)17(2,21)10-9-14-4-3-11-18-12-14;1-13-6-8-15(9-7-13)19-16(20)17(2,21)11-10-14-5-3-4-12-18-14;6*1-2;;;/h3,5-6,8-9,11-12,21H,7,10H2,1-2H3,(H,19,20);3-5,7-8,11-12,21H,9-10H2,1-2H3,(H,19,20);3-6,8-9,12,21H,10-11H2,1-2H3,(H,19,20);6*1-2H3;;;/q3*-1;;;;;;;;;/t3*17-;;;;;;;;;/m000........./s1. The third kappa shape index (κ3) is 38.4. The topological polar surface area (TPSA) is 187 Å². The zero-order valence-electron chi connectivity index (χ0n) is 50.5. The van der Waals surface area contributed by atoms with Gasteiger partial charge in [-0.2, -0.15) is 71.3 Å². The predicted octanol–water partition coefficient (Wildman–Crippen LogP) is 13.7. The molecular weight excluding hydrogens is 1200 g/mol. The summed E-state index contributed by atoms with van der Waals surface area (Å²) >= 11 is 0. The quantitative estimate of drug-likeness (QED) is 0.0544. The molecule has 3 heterocycles. The van der Waals surface area contributed by atoms with Gasteiger partial charge >= 0.3 is 0 Å². The molecule has 78 heavy (non-hydrogen) atoms. The van der Waals surface area contributed by atoms with Crippen LogP contribution in [-0.4, -0.2) is 64.8 Å². The molecule has 6 rings (SSSR count). The van der Waals surface area contributed by atoms with Crippen LogP contribution in [-0.2, 0) is 132 Å². The van der Waals surface area contributed by atoms with Crippen molar-refractivity contribution in [1.82, 2.24) is 15.0 Å². The van der Waals surface area contributed by atoms with E-state index in [0.29, 0.717) is 55.6 Å². The van der Waals surface area contributed by atoms with Crippen LogP contribution in [0, 0.1) is 39.0 Å². The van der Waals surface area contributed by atoms with Gasteiger partial charge in [0.1, 0.15) is 16.8 Å². The maximum atomic E-state index is 12.2. The van der Waals surface area contributed by atoms with Crippen molar-refractivity contribution in [2.24, 2.45) is 0 Å². The average Bonchev–Trinajstić information content (AvgIpc) is 3.45. The van der Waals surface area contributed by atoms with E-state index in [4.69, 9.17) is 0 Å². The Kier molecular flexibility index (Phi) is 57.1.